The Balaban J connectivity index is 1.41. The van der Waals surface area contributed by atoms with Crippen molar-refractivity contribution in [3.8, 4) is 16.9 Å². The van der Waals surface area contributed by atoms with E-state index in [9.17, 15) is 9.59 Å². The second-order valence-electron chi connectivity index (χ2n) is 9.60. The zero-order valence-electron chi connectivity index (χ0n) is 20.5. The van der Waals surface area contributed by atoms with Crippen LogP contribution >= 0.6 is 23.2 Å². The van der Waals surface area contributed by atoms with Gasteiger partial charge in [0.15, 0.2) is 0 Å². The average Bonchev–Trinajstić information content (AvgIpc) is 3.20. The van der Waals surface area contributed by atoms with Crippen LogP contribution in [0.3, 0.4) is 0 Å². The molecule has 2 aliphatic heterocycles. The average molecular weight is 518 g/mol. The van der Waals surface area contributed by atoms with Gasteiger partial charge in [0.1, 0.15) is 5.75 Å². The van der Waals surface area contributed by atoms with Crippen molar-refractivity contribution >= 4 is 35.1 Å². The van der Waals surface area contributed by atoms with Gasteiger partial charge in [-0.1, -0.05) is 35.3 Å². The van der Waals surface area contributed by atoms with E-state index in [-0.39, 0.29) is 30.0 Å². The first-order valence-corrected chi connectivity index (χ1v) is 13.0. The highest BCUT2D eigenvalue weighted by Crippen LogP contribution is 2.36. The van der Waals surface area contributed by atoms with Gasteiger partial charge in [-0.2, -0.15) is 0 Å². The molecule has 35 heavy (non-hydrogen) atoms. The van der Waals surface area contributed by atoms with Crippen LogP contribution in [0.5, 0.6) is 5.75 Å². The fraction of sp³-hybridized carbons (Fsp3) is 0.481. The monoisotopic (exact) mass is 517 g/mol. The molecular formula is C27H33Cl2N3O3. The lowest BCUT2D eigenvalue weighted by Crippen LogP contribution is -2.49. The van der Waals surface area contributed by atoms with Gasteiger partial charge in [-0.25, -0.2) is 4.79 Å². The van der Waals surface area contributed by atoms with Crippen molar-refractivity contribution in [2.75, 3.05) is 26.7 Å². The summed E-state index contributed by atoms with van der Waals surface area (Å²) < 4.78 is 5.72. The normalized spacial score (nSPS) is 18.9. The number of nitrogens with one attached hydrogen (secondary N) is 1. The number of amides is 3. The SMILES string of the molecule is CNC(=O)N1CCC(N2CC[C@@H](Cc3c(Cl)cc(-c4ccc(OC(C)C)cc4)cc3Cl)C2=O)CC1. The van der Waals surface area contributed by atoms with Crippen molar-refractivity contribution in [2.45, 2.75) is 51.7 Å². The van der Waals surface area contributed by atoms with Gasteiger partial charge in [0.25, 0.3) is 0 Å². The highest BCUT2D eigenvalue weighted by Gasteiger charge is 2.38. The van der Waals surface area contributed by atoms with E-state index >= 15 is 0 Å². The van der Waals surface area contributed by atoms with Crippen molar-refractivity contribution in [1.82, 2.24) is 15.1 Å². The summed E-state index contributed by atoms with van der Waals surface area (Å²) >= 11 is 13.4. The van der Waals surface area contributed by atoms with E-state index < -0.39 is 0 Å². The van der Waals surface area contributed by atoms with Gasteiger partial charge < -0.3 is 19.9 Å². The van der Waals surface area contributed by atoms with Crippen molar-refractivity contribution in [1.29, 1.82) is 0 Å². The first kappa shape index (κ1) is 25.6. The summed E-state index contributed by atoms with van der Waals surface area (Å²) in [5.74, 6) is 0.863. The maximum absolute atomic E-state index is 13.2. The molecule has 0 saturated carbocycles. The minimum absolute atomic E-state index is 0.0540. The summed E-state index contributed by atoms with van der Waals surface area (Å²) in [7, 11) is 1.64. The molecule has 0 aliphatic carbocycles. The Hall–Kier alpha value is -2.44. The van der Waals surface area contributed by atoms with Crippen LogP contribution in [0.1, 0.15) is 38.7 Å². The zero-order valence-corrected chi connectivity index (χ0v) is 22.0. The Morgan fingerprint density at radius 1 is 1.03 bits per heavy atom. The van der Waals surface area contributed by atoms with Crippen LogP contribution in [-0.4, -0.2) is 60.6 Å². The molecule has 2 aromatic rings. The van der Waals surface area contributed by atoms with Crippen molar-refractivity contribution in [3.05, 3.63) is 52.0 Å². The highest BCUT2D eigenvalue weighted by atomic mass is 35.5. The summed E-state index contributed by atoms with van der Waals surface area (Å²) in [6, 6.07) is 11.8. The number of ether oxygens (including phenoxy) is 1. The quantitative estimate of drug-likeness (QED) is 0.538. The molecule has 2 aromatic carbocycles. The van der Waals surface area contributed by atoms with Gasteiger partial charge in [-0.3, -0.25) is 4.79 Å². The van der Waals surface area contributed by atoms with E-state index in [0.29, 0.717) is 29.6 Å². The number of likely N-dealkylation sites (tertiary alicyclic amines) is 2. The number of carbonyl (C=O) groups is 2. The molecule has 8 heteroatoms. The molecule has 0 radical (unpaired) electrons. The lowest BCUT2D eigenvalue weighted by molar-refractivity contribution is -0.133. The first-order chi connectivity index (χ1) is 16.8. The summed E-state index contributed by atoms with van der Waals surface area (Å²) in [6.07, 6.45) is 3.06. The second kappa shape index (κ2) is 11.1. The van der Waals surface area contributed by atoms with Crippen molar-refractivity contribution < 1.29 is 14.3 Å². The molecule has 6 nitrogen and oxygen atoms in total. The molecule has 3 amide bonds. The number of urea groups is 1. The molecule has 2 heterocycles. The van der Waals surface area contributed by atoms with Crippen LogP contribution in [0.25, 0.3) is 11.1 Å². The molecule has 4 rings (SSSR count). The molecule has 0 unspecified atom stereocenters. The molecule has 1 N–H and O–H groups in total. The number of hydrogen-bond donors (Lipinski definition) is 1. The maximum Gasteiger partial charge on any atom is 0.317 e. The summed E-state index contributed by atoms with van der Waals surface area (Å²) in [4.78, 5) is 28.9. The van der Waals surface area contributed by atoms with Crippen LogP contribution < -0.4 is 10.1 Å². The molecule has 188 valence electrons. The van der Waals surface area contributed by atoms with Crippen LogP contribution in [0.2, 0.25) is 10.0 Å². The lowest BCUT2D eigenvalue weighted by Gasteiger charge is -2.36. The van der Waals surface area contributed by atoms with E-state index in [1.807, 2.05) is 55.1 Å². The molecule has 2 saturated heterocycles. The minimum atomic E-state index is -0.125. The lowest BCUT2D eigenvalue weighted by atomic mass is 9.95. The smallest absolute Gasteiger partial charge is 0.317 e. The Kier molecular flexibility index (Phi) is 8.12. The summed E-state index contributed by atoms with van der Waals surface area (Å²) in [5, 5.41) is 3.84. The largest absolute Gasteiger partial charge is 0.491 e. The molecule has 0 aromatic heterocycles. The van der Waals surface area contributed by atoms with E-state index in [4.69, 9.17) is 27.9 Å². The predicted octanol–water partition coefficient (Wildman–Crippen LogP) is 5.64. The maximum atomic E-state index is 13.2. The van der Waals surface area contributed by atoms with Crippen molar-refractivity contribution in [2.24, 2.45) is 5.92 Å². The third kappa shape index (κ3) is 5.87. The predicted molar refractivity (Wildman–Crippen MR) is 140 cm³/mol. The van der Waals surface area contributed by atoms with Crippen LogP contribution in [0, 0.1) is 5.92 Å². The number of hydrogen-bond acceptors (Lipinski definition) is 3. The summed E-state index contributed by atoms with van der Waals surface area (Å²) in [6.45, 7) is 6.07. The molecule has 2 fully saturated rings. The second-order valence-corrected chi connectivity index (χ2v) is 10.4. The number of benzene rings is 2. The Bertz CT molecular complexity index is 1040. The Morgan fingerprint density at radius 2 is 1.66 bits per heavy atom. The topological polar surface area (TPSA) is 61.9 Å². The van der Waals surface area contributed by atoms with Crippen molar-refractivity contribution in [3.63, 3.8) is 0 Å². The van der Waals surface area contributed by atoms with Crippen LogP contribution in [-0.2, 0) is 11.2 Å². The Morgan fingerprint density at radius 3 is 2.23 bits per heavy atom. The third-order valence-electron chi connectivity index (χ3n) is 6.91. The van der Waals surface area contributed by atoms with Crippen LogP contribution in [0.4, 0.5) is 4.79 Å². The number of piperidine rings is 1. The van der Waals surface area contributed by atoms with E-state index in [1.54, 1.807) is 11.9 Å². The third-order valence-corrected chi connectivity index (χ3v) is 7.58. The van der Waals surface area contributed by atoms with E-state index in [1.165, 1.54) is 0 Å². The minimum Gasteiger partial charge on any atom is -0.491 e. The van der Waals surface area contributed by atoms with Gasteiger partial charge >= 0.3 is 6.03 Å². The molecule has 2 aliphatic rings. The number of carbonyl (C=O) groups excluding carboxylic acids is 2. The molecule has 0 spiro atoms. The number of rotatable bonds is 6. The summed E-state index contributed by atoms with van der Waals surface area (Å²) in [5.41, 5.74) is 2.76. The van der Waals surface area contributed by atoms with Gasteiger partial charge in [0.2, 0.25) is 5.91 Å². The Labute approximate surface area is 217 Å². The first-order valence-electron chi connectivity index (χ1n) is 12.3. The van der Waals surface area contributed by atoms with E-state index in [2.05, 4.69) is 5.32 Å². The van der Waals surface area contributed by atoms with Gasteiger partial charge in [-0.05, 0) is 80.5 Å². The molecule has 0 bridgehead atoms. The molecule has 1 atom stereocenters. The highest BCUT2D eigenvalue weighted by molar-refractivity contribution is 6.36. The van der Waals surface area contributed by atoms with Gasteiger partial charge in [0, 0.05) is 48.7 Å². The number of nitrogens with zero attached hydrogens (tertiary/aromatic N) is 2. The van der Waals surface area contributed by atoms with E-state index in [0.717, 1.165) is 48.2 Å². The number of halogens is 2. The molecular weight excluding hydrogens is 485 g/mol. The zero-order chi connectivity index (χ0) is 25.1. The van der Waals surface area contributed by atoms with Crippen LogP contribution in [0.15, 0.2) is 36.4 Å². The standard InChI is InChI=1S/C27H33Cl2N3O3/c1-17(2)35-22-6-4-18(5-7-22)20-15-24(28)23(25(29)16-20)14-19-8-13-32(26(19)33)21-9-11-31(12-10-21)27(34)30-3/h4-7,15-17,19,21H,8-14H2,1-3H3,(H,30,34)/t19-/m0/s1. The van der Waals surface area contributed by atoms with Gasteiger partial charge in [0.05, 0.1) is 6.10 Å². The van der Waals surface area contributed by atoms with Gasteiger partial charge in [-0.15, -0.1) is 0 Å². The fourth-order valence-corrected chi connectivity index (χ4v) is 5.70. The fourth-order valence-electron chi connectivity index (χ4n) is 5.06.